The third-order valence-corrected chi connectivity index (χ3v) is 1.23. The van der Waals surface area contributed by atoms with E-state index in [1.165, 1.54) is 12.8 Å². The molecule has 0 aromatic rings. The Bertz CT molecular complexity index is 48.0. The molecule has 1 rings (SSSR count). The molecule has 0 N–H and O–H groups in total. The zero-order chi connectivity index (χ0) is 5.11. The van der Waals surface area contributed by atoms with E-state index in [4.69, 9.17) is 0 Å². The molecule has 0 saturated carbocycles. The highest BCUT2D eigenvalue weighted by atomic mass is 15.5. The van der Waals surface area contributed by atoms with Gasteiger partial charge >= 0.3 is 0 Å². The molecule has 0 aromatic carbocycles. The fraction of sp³-hybridized carbons (Fsp3) is 1.00. The standard InChI is InChI=1S/C5H11N2/c1-7-5-3-2-4-6-7/h2-5H2,1H3. The number of hydrogen-bond donors (Lipinski definition) is 0. The Morgan fingerprint density at radius 2 is 2.29 bits per heavy atom. The molecule has 0 bridgehead atoms. The van der Waals surface area contributed by atoms with Crippen molar-refractivity contribution in [1.82, 2.24) is 10.4 Å². The number of hydrogen-bond acceptors (Lipinski definition) is 1. The predicted octanol–water partition coefficient (Wildman–Crippen LogP) is 0.231. The largest absolute Gasteiger partial charge is 0.230 e. The van der Waals surface area contributed by atoms with Gasteiger partial charge in [-0.1, -0.05) is 0 Å². The molecule has 41 valence electrons. The van der Waals surface area contributed by atoms with Gasteiger partial charge in [0, 0.05) is 20.1 Å². The van der Waals surface area contributed by atoms with Crippen LogP contribution in [0.15, 0.2) is 0 Å². The van der Waals surface area contributed by atoms with Crippen LogP contribution in [0.1, 0.15) is 12.8 Å². The highest BCUT2D eigenvalue weighted by molar-refractivity contribution is 4.53. The average Bonchev–Trinajstić information content (AvgIpc) is 1.69. The maximum Gasteiger partial charge on any atom is 0.0307 e. The van der Waals surface area contributed by atoms with Crippen molar-refractivity contribution in [1.29, 1.82) is 0 Å². The van der Waals surface area contributed by atoms with Crippen molar-refractivity contribution in [3.05, 3.63) is 0 Å². The summed E-state index contributed by atoms with van der Waals surface area (Å²) in [4.78, 5) is 0. The predicted molar refractivity (Wildman–Crippen MR) is 28.9 cm³/mol. The van der Waals surface area contributed by atoms with Crippen LogP contribution in [0.3, 0.4) is 0 Å². The fourth-order valence-electron chi connectivity index (χ4n) is 0.765. The molecule has 1 heterocycles. The molecule has 1 fully saturated rings. The van der Waals surface area contributed by atoms with Crippen LogP contribution in [0.2, 0.25) is 0 Å². The van der Waals surface area contributed by atoms with Crippen molar-refractivity contribution >= 4 is 0 Å². The van der Waals surface area contributed by atoms with Crippen molar-refractivity contribution in [3.8, 4) is 0 Å². The van der Waals surface area contributed by atoms with E-state index in [-0.39, 0.29) is 0 Å². The maximum atomic E-state index is 4.16. The van der Waals surface area contributed by atoms with Gasteiger partial charge in [0.2, 0.25) is 0 Å². The van der Waals surface area contributed by atoms with Gasteiger partial charge in [0.25, 0.3) is 0 Å². The summed E-state index contributed by atoms with van der Waals surface area (Å²) in [6, 6.07) is 0. The van der Waals surface area contributed by atoms with Crippen LogP contribution in [-0.2, 0) is 0 Å². The van der Waals surface area contributed by atoms with Crippen LogP contribution in [0.5, 0.6) is 0 Å². The molecule has 0 aromatic heterocycles. The van der Waals surface area contributed by atoms with Gasteiger partial charge in [-0.05, 0) is 12.8 Å². The summed E-state index contributed by atoms with van der Waals surface area (Å²) < 4.78 is 0. The number of rotatable bonds is 0. The Labute approximate surface area is 44.5 Å². The normalized spacial score (nSPS) is 25.3. The van der Waals surface area contributed by atoms with Gasteiger partial charge in [-0.15, -0.1) is 0 Å². The first-order valence-corrected chi connectivity index (χ1v) is 2.78. The topological polar surface area (TPSA) is 17.3 Å². The molecule has 0 spiro atoms. The lowest BCUT2D eigenvalue weighted by atomic mass is 10.3. The van der Waals surface area contributed by atoms with Gasteiger partial charge in [-0.2, -0.15) is 5.43 Å². The lowest BCUT2D eigenvalue weighted by molar-refractivity contribution is 0.186. The van der Waals surface area contributed by atoms with E-state index in [9.17, 15) is 0 Å². The van der Waals surface area contributed by atoms with Gasteiger partial charge in [-0.3, -0.25) is 0 Å². The van der Waals surface area contributed by atoms with E-state index >= 15 is 0 Å². The molecule has 0 atom stereocenters. The van der Waals surface area contributed by atoms with Crippen molar-refractivity contribution in [3.63, 3.8) is 0 Å². The van der Waals surface area contributed by atoms with Crippen LogP contribution >= 0.6 is 0 Å². The third-order valence-electron chi connectivity index (χ3n) is 1.23. The van der Waals surface area contributed by atoms with Gasteiger partial charge < -0.3 is 0 Å². The molecule has 7 heavy (non-hydrogen) atoms. The minimum absolute atomic E-state index is 1.04. The third kappa shape index (κ3) is 1.45. The summed E-state index contributed by atoms with van der Waals surface area (Å²) in [6.07, 6.45) is 2.60. The first kappa shape index (κ1) is 5.06. The van der Waals surface area contributed by atoms with Crippen molar-refractivity contribution in [2.75, 3.05) is 20.1 Å². The molecule has 1 aliphatic heterocycles. The lowest BCUT2D eigenvalue weighted by Crippen LogP contribution is -2.33. The van der Waals surface area contributed by atoms with Crippen LogP contribution in [0.25, 0.3) is 0 Å². The molecule has 0 amide bonds. The lowest BCUT2D eigenvalue weighted by Gasteiger charge is -2.19. The highest BCUT2D eigenvalue weighted by Gasteiger charge is 2.02. The Morgan fingerprint density at radius 1 is 1.43 bits per heavy atom. The molecule has 1 aliphatic rings. The van der Waals surface area contributed by atoms with E-state index in [0.29, 0.717) is 0 Å². The van der Waals surface area contributed by atoms with E-state index in [0.717, 1.165) is 13.1 Å². The molecule has 0 aliphatic carbocycles. The highest BCUT2D eigenvalue weighted by Crippen LogP contribution is 1.96. The van der Waals surface area contributed by atoms with E-state index in [1.807, 2.05) is 12.1 Å². The van der Waals surface area contributed by atoms with Gasteiger partial charge in [-0.25, -0.2) is 5.01 Å². The van der Waals surface area contributed by atoms with Crippen LogP contribution in [0.4, 0.5) is 0 Å². The molecule has 1 saturated heterocycles. The van der Waals surface area contributed by atoms with Crippen LogP contribution < -0.4 is 5.43 Å². The van der Waals surface area contributed by atoms with Crippen molar-refractivity contribution in [2.24, 2.45) is 0 Å². The second kappa shape index (κ2) is 2.28. The second-order valence-corrected chi connectivity index (χ2v) is 1.95. The summed E-state index contributed by atoms with van der Waals surface area (Å²) in [6.45, 7) is 2.19. The Hall–Kier alpha value is -0.0800. The van der Waals surface area contributed by atoms with Gasteiger partial charge in [0.15, 0.2) is 0 Å². The molecule has 0 unspecified atom stereocenters. The summed E-state index contributed by atoms with van der Waals surface area (Å²) in [5.74, 6) is 0. The minimum Gasteiger partial charge on any atom is -0.230 e. The zero-order valence-corrected chi connectivity index (χ0v) is 4.72. The summed E-state index contributed by atoms with van der Waals surface area (Å²) in [5.41, 5.74) is 4.16. The minimum atomic E-state index is 1.04. The van der Waals surface area contributed by atoms with E-state index in [2.05, 4.69) is 5.43 Å². The molecule has 2 heteroatoms. The monoisotopic (exact) mass is 99.1 g/mol. The summed E-state index contributed by atoms with van der Waals surface area (Å²) in [5, 5.41) is 2.02. The second-order valence-electron chi connectivity index (χ2n) is 1.95. The Kier molecular flexibility index (Phi) is 1.65. The summed E-state index contributed by atoms with van der Waals surface area (Å²) in [7, 11) is 2.03. The molecule has 2 nitrogen and oxygen atoms in total. The van der Waals surface area contributed by atoms with Crippen molar-refractivity contribution in [2.45, 2.75) is 12.8 Å². The maximum absolute atomic E-state index is 4.16. The molecule has 1 radical (unpaired) electrons. The first-order chi connectivity index (χ1) is 3.39. The smallest absolute Gasteiger partial charge is 0.0307 e. The van der Waals surface area contributed by atoms with Crippen molar-refractivity contribution < 1.29 is 0 Å². The fourth-order valence-corrected chi connectivity index (χ4v) is 0.765. The molecular formula is C5H11N2. The quantitative estimate of drug-likeness (QED) is 0.425. The number of nitrogens with zero attached hydrogens (tertiary/aromatic N) is 2. The average molecular weight is 99.2 g/mol. The summed E-state index contributed by atoms with van der Waals surface area (Å²) >= 11 is 0. The Morgan fingerprint density at radius 3 is 2.57 bits per heavy atom. The first-order valence-electron chi connectivity index (χ1n) is 2.78. The zero-order valence-electron chi connectivity index (χ0n) is 4.72. The Balaban J connectivity index is 2.12. The SMILES string of the molecule is CN1CCCC[N]1. The van der Waals surface area contributed by atoms with Gasteiger partial charge in [0.05, 0.1) is 0 Å². The van der Waals surface area contributed by atoms with Crippen LogP contribution in [-0.4, -0.2) is 25.1 Å². The van der Waals surface area contributed by atoms with E-state index < -0.39 is 0 Å². The van der Waals surface area contributed by atoms with Crippen LogP contribution in [0, 0.1) is 0 Å². The van der Waals surface area contributed by atoms with Gasteiger partial charge in [0.1, 0.15) is 0 Å². The molecular weight excluding hydrogens is 88.1 g/mol. The van der Waals surface area contributed by atoms with E-state index in [1.54, 1.807) is 0 Å².